The fourth-order valence-electron chi connectivity index (χ4n) is 4.12. The summed E-state index contributed by atoms with van der Waals surface area (Å²) in [5.74, 6) is -1.58. The zero-order valence-electron chi connectivity index (χ0n) is 35.2. The number of carbonyl (C=O) groups excluding carboxylic acids is 3. The van der Waals surface area contributed by atoms with E-state index in [0.29, 0.717) is 164 Å². The molecule has 0 aromatic heterocycles. The van der Waals surface area contributed by atoms with E-state index in [2.05, 4.69) is 0 Å². The Labute approximate surface area is 344 Å². The van der Waals surface area contributed by atoms with Gasteiger partial charge in [-0.1, -0.05) is 30.3 Å². The molecule has 0 aliphatic rings. The average Bonchev–Trinajstić information content (AvgIpc) is 3.20. The van der Waals surface area contributed by atoms with Crippen LogP contribution in [0.15, 0.2) is 30.3 Å². The maximum absolute atomic E-state index is 11.9. The summed E-state index contributed by atoms with van der Waals surface area (Å²) in [6.07, 6.45) is -0.371. The molecule has 0 atom stereocenters. The summed E-state index contributed by atoms with van der Waals surface area (Å²) >= 11 is 0. The minimum Gasteiger partial charge on any atom is -0.457 e. The Kier molecular flexibility index (Phi) is 35.2. The first-order chi connectivity index (χ1) is 28.2. The second-order valence-electron chi connectivity index (χ2n) is 13.1. The topological polar surface area (TPSA) is 184 Å². The summed E-state index contributed by atoms with van der Waals surface area (Å²) < 4.78 is 75.7. The molecule has 1 amide bonds. The van der Waals surface area contributed by atoms with E-state index in [4.69, 9.17) is 66.3 Å². The molecule has 1 aromatic rings. The number of ketones is 1. The van der Waals surface area contributed by atoms with Crippen LogP contribution in [0.3, 0.4) is 0 Å². The zero-order chi connectivity index (χ0) is 42.2. The van der Waals surface area contributed by atoms with Crippen LogP contribution in [0.1, 0.15) is 31.1 Å². The van der Waals surface area contributed by atoms with Gasteiger partial charge in [0.2, 0.25) is 0 Å². The van der Waals surface area contributed by atoms with E-state index >= 15 is 0 Å². The molecule has 0 N–H and O–H groups in total. The van der Waals surface area contributed by atoms with Gasteiger partial charge in [-0.25, -0.2) is 9.59 Å². The quantitative estimate of drug-likeness (QED) is 0.0405. The molecule has 0 unspecified atom stereocenters. The van der Waals surface area contributed by atoms with Crippen molar-refractivity contribution in [1.29, 1.82) is 0 Å². The van der Waals surface area contributed by atoms with Crippen LogP contribution >= 0.6 is 0 Å². The van der Waals surface area contributed by atoms with E-state index < -0.39 is 17.4 Å². The number of benzene rings is 1. The van der Waals surface area contributed by atoms with Crippen LogP contribution in [-0.4, -0.2) is 207 Å². The van der Waals surface area contributed by atoms with Crippen LogP contribution in [0.2, 0.25) is 0 Å². The van der Waals surface area contributed by atoms with Crippen molar-refractivity contribution in [2.45, 2.75) is 26.4 Å². The molecule has 1 rings (SSSR count). The molecule has 0 saturated carbocycles. The fourth-order valence-corrected chi connectivity index (χ4v) is 4.12. The lowest BCUT2D eigenvalue weighted by Gasteiger charge is -2.24. The molecule has 1 aromatic carbocycles. The number of hydrogen-bond acceptors (Lipinski definition) is 17. The number of ether oxygens (including phenoxy) is 14. The summed E-state index contributed by atoms with van der Waals surface area (Å²) in [6, 6.07) is 8.25. The highest BCUT2D eigenvalue weighted by molar-refractivity contribution is 6.40. The van der Waals surface area contributed by atoms with Crippen molar-refractivity contribution < 1.29 is 80.7 Å². The Morgan fingerprint density at radius 3 is 1.00 bits per heavy atom. The molecule has 0 spiro atoms. The van der Waals surface area contributed by atoms with Gasteiger partial charge in [-0.15, -0.1) is 0 Å². The molecule has 0 heterocycles. The maximum Gasteiger partial charge on any atom is 0.410 e. The SMILES string of the molecule is CN(CCOCCOCCOCCOCCOCCOCCOCCOCCOCCOCCOCCOCCOC(=O)C(=O)c1ccccc1)C(=O)OC(C)(C)C. The molecular formula is C40H69NO17. The standard InChI is InChI=1S/C40H69NO17/c1-40(2,3)58-39(44)41(4)10-11-45-12-13-46-14-15-47-16-17-48-18-19-49-20-21-50-22-23-51-24-25-52-26-27-53-28-29-54-30-31-55-32-33-56-34-35-57-38(43)37(42)36-8-6-5-7-9-36/h5-9H,10-35H2,1-4H3. The van der Waals surface area contributed by atoms with Crippen molar-refractivity contribution in [1.82, 2.24) is 4.90 Å². The highest BCUT2D eigenvalue weighted by atomic mass is 16.6. The lowest BCUT2D eigenvalue weighted by atomic mass is 10.1. The number of nitrogens with zero attached hydrogens (tertiary/aromatic N) is 1. The van der Waals surface area contributed by atoms with E-state index in [1.807, 2.05) is 20.8 Å². The Balaban J connectivity index is 1.66. The van der Waals surface area contributed by atoms with Crippen LogP contribution in [0.4, 0.5) is 4.79 Å². The van der Waals surface area contributed by atoms with E-state index in [1.54, 1.807) is 37.4 Å². The van der Waals surface area contributed by atoms with Gasteiger partial charge in [0.05, 0.1) is 159 Å². The molecule has 0 bridgehead atoms. The summed E-state index contributed by atoms with van der Waals surface area (Å²) in [4.78, 5) is 37.0. The molecule has 18 nitrogen and oxygen atoms in total. The van der Waals surface area contributed by atoms with Crippen LogP contribution in [0, 0.1) is 0 Å². The first-order valence-corrected chi connectivity index (χ1v) is 19.8. The number of carbonyl (C=O) groups is 3. The lowest BCUT2D eigenvalue weighted by Crippen LogP contribution is -2.36. The van der Waals surface area contributed by atoms with Gasteiger partial charge >= 0.3 is 12.1 Å². The second-order valence-corrected chi connectivity index (χ2v) is 13.1. The number of likely N-dealkylation sites (N-methyl/N-ethyl adjacent to an activating group) is 1. The maximum atomic E-state index is 11.9. The number of Topliss-reactive ketones (excluding diaryl/α,β-unsaturated/α-hetero) is 1. The third-order valence-electron chi connectivity index (χ3n) is 7.05. The molecule has 58 heavy (non-hydrogen) atoms. The lowest BCUT2D eigenvalue weighted by molar-refractivity contribution is -0.139. The minimum absolute atomic E-state index is 0.00900. The third kappa shape index (κ3) is 35.1. The predicted molar refractivity (Wildman–Crippen MR) is 210 cm³/mol. The van der Waals surface area contributed by atoms with Crippen molar-refractivity contribution in [3.63, 3.8) is 0 Å². The highest BCUT2D eigenvalue weighted by Gasteiger charge is 2.19. The second kappa shape index (κ2) is 38.4. The molecule has 0 aliphatic heterocycles. The number of rotatable bonds is 41. The first kappa shape index (κ1) is 53.2. The van der Waals surface area contributed by atoms with E-state index in [9.17, 15) is 14.4 Å². The molecule has 0 radical (unpaired) electrons. The Morgan fingerprint density at radius 1 is 0.431 bits per heavy atom. The smallest absolute Gasteiger partial charge is 0.410 e. The first-order valence-electron chi connectivity index (χ1n) is 19.8. The minimum atomic E-state index is -0.902. The normalized spacial score (nSPS) is 11.5. The van der Waals surface area contributed by atoms with Gasteiger partial charge in [-0.05, 0) is 20.8 Å². The molecule has 0 aliphatic carbocycles. The molecule has 18 heteroatoms. The van der Waals surface area contributed by atoms with Crippen molar-refractivity contribution in [2.24, 2.45) is 0 Å². The summed E-state index contributed by atoms with van der Waals surface area (Å²) in [5, 5.41) is 0. The van der Waals surface area contributed by atoms with Crippen molar-refractivity contribution in [2.75, 3.05) is 179 Å². The van der Waals surface area contributed by atoms with E-state index in [0.717, 1.165) is 0 Å². The third-order valence-corrected chi connectivity index (χ3v) is 7.05. The number of esters is 1. The van der Waals surface area contributed by atoms with Crippen LogP contribution in [0.5, 0.6) is 0 Å². The number of amides is 1. The van der Waals surface area contributed by atoms with Crippen molar-refractivity contribution in [3.8, 4) is 0 Å². The van der Waals surface area contributed by atoms with Gasteiger partial charge in [-0.3, -0.25) is 4.79 Å². The van der Waals surface area contributed by atoms with Crippen molar-refractivity contribution >= 4 is 17.8 Å². The predicted octanol–water partition coefficient (Wildman–Crippen LogP) is 2.48. The van der Waals surface area contributed by atoms with Crippen molar-refractivity contribution in [3.05, 3.63) is 35.9 Å². The Morgan fingerprint density at radius 2 is 0.707 bits per heavy atom. The van der Waals surface area contributed by atoms with Gasteiger partial charge in [0.15, 0.2) is 0 Å². The monoisotopic (exact) mass is 835 g/mol. The molecule has 336 valence electrons. The largest absolute Gasteiger partial charge is 0.457 e. The Bertz CT molecular complexity index is 1110. The van der Waals surface area contributed by atoms with Gasteiger partial charge in [0.25, 0.3) is 5.78 Å². The summed E-state index contributed by atoms with van der Waals surface area (Å²) in [6.45, 7) is 16.4. The van der Waals surface area contributed by atoms with Gasteiger partial charge in [0, 0.05) is 19.2 Å². The van der Waals surface area contributed by atoms with E-state index in [-0.39, 0.29) is 19.3 Å². The van der Waals surface area contributed by atoms with Gasteiger partial charge in [0.1, 0.15) is 12.2 Å². The molecule has 0 saturated heterocycles. The van der Waals surface area contributed by atoms with Gasteiger partial charge < -0.3 is 71.2 Å². The van der Waals surface area contributed by atoms with Gasteiger partial charge in [-0.2, -0.15) is 0 Å². The summed E-state index contributed by atoms with van der Waals surface area (Å²) in [7, 11) is 1.68. The summed E-state index contributed by atoms with van der Waals surface area (Å²) in [5.41, 5.74) is -0.227. The molecular weight excluding hydrogens is 766 g/mol. The fraction of sp³-hybridized carbons (Fsp3) is 0.775. The Hall–Kier alpha value is -2.85. The molecule has 0 fully saturated rings. The van der Waals surface area contributed by atoms with Crippen LogP contribution < -0.4 is 0 Å². The van der Waals surface area contributed by atoms with Crippen LogP contribution in [0.25, 0.3) is 0 Å². The van der Waals surface area contributed by atoms with E-state index in [1.165, 1.54) is 4.90 Å². The number of hydrogen-bond donors (Lipinski definition) is 0. The van der Waals surface area contributed by atoms with Crippen LogP contribution in [-0.2, 0) is 71.1 Å². The highest BCUT2D eigenvalue weighted by Crippen LogP contribution is 2.09. The zero-order valence-corrected chi connectivity index (χ0v) is 35.2. The average molecular weight is 836 g/mol.